The van der Waals surface area contributed by atoms with E-state index in [1.54, 1.807) is 29.2 Å². The number of methoxy groups -OCH3 is 1. The van der Waals surface area contributed by atoms with Gasteiger partial charge in [-0.3, -0.25) is 9.59 Å². The number of pyridine rings is 1. The molecule has 8 heteroatoms. The Morgan fingerprint density at radius 1 is 1.19 bits per heavy atom. The minimum atomic E-state index is -0.930. The number of nitrogens with zero attached hydrogens (tertiary/aromatic N) is 2. The number of hydrogen-bond donors (Lipinski definition) is 1. The number of aliphatic carboxylic acids is 1. The first kappa shape index (κ1) is 17.1. The zero-order chi connectivity index (χ0) is 19.0. The summed E-state index contributed by atoms with van der Waals surface area (Å²) >= 11 is 0. The van der Waals surface area contributed by atoms with Gasteiger partial charge in [-0.1, -0.05) is 6.07 Å². The molecule has 27 heavy (non-hydrogen) atoms. The second-order valence-corrected chi connectivity index (χ2v) is 6.46. The molecule has 0 radical (unpaired) electrons. The number of ether oxygens (including phenoxy) is 3. The average Bonchev–Trinajstić information content (AvgIpc) is 3.33. The number of benzene rings is 1. The van der Waals surface area contributed by atoms with Gasteiger partial charge in [-0.05, 0) is 23.8 Å². The number of carbonyl (C=O) groups is 2. The molecule has 1 aromatic heterocycles. The molecule has 8 nitrogen and oxygen atoms in total. The van der Waals surface area contributed by atoms with E-state index in [1.807, 2.05) is 6.07 Å². The van der Waals surface area contributed by atoms with Crippen LogP contribution in [-0.4, -0.2) is 53.9 Å². The lowest BCUT2D eigenvalue weighted by atomic mass is 9.89. The van der Waals surface area contributed by atoms with Crippen molar-refractivity contribution in [2.45, 2.75) is 5.92 Å². The number of amides is 1. The van der Waals surface area contributed by atoms with E-state index in [2.05, 4.69) is 4.98 Å². The van der Waals surface area contributed by atoms with Crippen molar-refractivity contribution in [3.05, 3.63) is 47.7 Å². The van der Waals surface area contributed by atoms with E-state index >= 15 is 0 Å². The van der Waals surface area contributed by atoms with E-state index in [0.717, 1.165) is 5.56 Å². The minimum absolute atomic E-state index is 0.137. The van der Waals surface area contributed by atoms with Crippen molar-refractivity contribution in [1.82, 2.24) is 9.88 Å². The maximum atomic E-state index is 12.9. The highest BCUT2D eigenvalue weighted by molar-refractivity contribution is 5.95. The Labute approximate surface area is 155 Å². The van der Waals surface area contributed by atoms with Gasteiger partial charge in [-0.2, -0.15) is 0 Å². The molecule has 0 bridgehead atoms. The van der Waals surface area contributed by atoms with Crippen LogP contribution in [0.1, 0.15) is 21.8 Å². The van der Waals surface area contributed by atoms with Gasteiger partial charge in [-0.15, -0.1) is 0 Å². The van der Waals surface area contributed by atoms with Gasteiger partial charge >= 0.3 is 5.97 Å². The number of aromatic nitrogens is 1. The Hall–Kier alpha value is -3.29. The summed E-state index contributed by atoms with van der Waals surface area (Å²) in [5.74, 6) is -0.629. The van der Waals surface area contributed by atoms with Crippen molar-refractivity contribution in [3.63, 3.8) is 0 Å². The van der Waals surface area contributed by atoms with Gasteiger partial charge in [0.2, 0.25) is 12.7 Å². The third-order valence-corrected chi connectivity index (χ3v) is 4.94. The second kappa shape index (κ2) is 6.79. The van der Waals surface area contributed by atoms with Crippen LogP contribution >= 0.6 is 0 Å². The van der Waals surface area contributed by atoms with E-state index in [1.165, 1.54) is 13.3 Å². The third kappa shape index (κ3) is 3.14. The fraction of sp³-hybridized carbons (Fsp3) is 0.316. The monoisotopic (exact) mass is 370 g/mol. The highest BCUT2D eigenvalue weighted by Gasteiger charge is 2.41. The van der Waals surface area contributed by atoms with Crippen LogP contribution in [-0.2, 0) is 4.79 Å². The van der Waals surface area contributed by atoms with Crippen molar-refractivity contribution in [2.24, 2.45) is 5.92 Å². The lowest BCUT2D eigenvalue weighted by Gasteiger charge is -2.17. The van der Waals surface area contributed by atoms with Crippen molar-refractivity contribution < 1.29 is 28.9 Å². The van der Waals surface area contributed by atoms with Crippen LogP contribution in [0.25, 0.3) is 0 Å². The summed E-state index contributed by atoms with van der Waals surface area (Å²) in [7, 11) is 1.47. The van der Waals surface area contributed by atoms with Crippen LogP contribution in [0.15, 0.2) is 36.5 Å². The molecule has 2 atom stereocenters. The van der Waals surface area contributed by atoms with Gasteiger partial charge in [-0.25, -0.2) is 4.98 Å². The van der Waals surface area contributed by atoms with Crippen molar-refractivity contribution in [2.75, 3.05) is 27.0 Å². The van der Waals surface area contributed by atoms with Gasteiger partial charge in [0.15, 0.2) is 11.5 Å². The molecule has 1 saturated heterocycles. The van der Waals surface area contributed by atoms with E-state index in [4.69, 9.17) is 14.2 Å². The summed E-state index contributed by atoms with van der Waals surface area (Å²) in [5, 5.41) is 9.67. The summed E-state index contributed by atoms with van der Waals surface area (Å²) in [6.07, 6.45) is 1.49. The highest BCUT2D eigenvalue weighted by Crippen LogP contribution is 2.39. The molecule has 1 aromatic carbocycles. The van der Waals surface area contributed by atoms with Gasteiger partial charge in [0.1, 0.15) is 0 Å². The van der Waals surface area contributed by atoms with Gasteiger partial charge < -0.3 is 24.2 Å². The largest absolute Gasteiger partial charge is 0.481 e. The van der Waals surface area contributed by atoms with Crippen molar-refractivity contribution in [1.29, 1.82) is 0 Å². The second-order valence-electron chi connectivity index (χ2n) is 6.46. The van der Waals surface area contributed by atoms with Gasteiger partial charge in [0.25, 0.3) is 5.91 Å². The number of carbonyl (C=O) groups excluding carboxylic acids is 1. The van der Waals surface area contributed by atoms with Crippen LogP contribution in [0, 0.1) is 5.92 Å². The summed E-state index contributed by atoms with van der Waals surface area (Å²) in [4.78, 5) is 30.2. The van der Waals surface area contributed by atoms with E-state index < -0.39 is 11.9 Å². The lowest BCUT2D eigenvalue weighted by molar-refractivity contribution is -0.141. The van der Waals surface area contributed by atoms with Crippen molar-refractivity contribution in [3.8, 4) is 17.4 Å². The Morgan fingerprint density at radius 3 is 2.78 bits per heavy atom. The highest BCUT2D eigenvalue weighted by atomic mass is 16.7. The molecular weight excluding hydrogens is 352 g/mol. The molecule has 0 unspecified atom stereocenters. The predicted molar refractivity (Wildman–Crippen MR) is 93.1 cm³/mol. The predicted octanol–water partition coefficient (Wildman–Crippen LogP) is 1.76. The molecule has 1 amide bonds. The number of rotatable bonds is 4. The Kier molecular flexibility index (Phi) is 4.31. The molecule has 1 fully saturated rings. The van der Waals surface area contributed by atoms with Crippen LogP contribution in [0.3, 0.4) is 0 Å². The van der Waals surface area contributed by atoms with Crippen LogP contribution in [0.2, 0.25) is 0 Å². The summed E-state index contributed by atoms with van der Waals surface area (Å²) in [6, 6.07) is 8.54. The molecule has 1 N–H and O–H groups in total. The fourth-order valence-electron chi connectivity index (χ4n) is 3.54. The zero-order valence-corrected chi connectivity index (χ0v) is 14.6. The lowest BCUT2D eigenvalue weighted by Crippen LogP contribution is -2.29. The molecular formula is C19H18N2O6. The number of hydrogen-bond acceptors (Lipinski definition) is 6. The molecule has 0 saturated carbocycles. The SMILES string of the molecule is COc1cc(C(=O)N2C[C@H](C(=O)O)[C@@H](c3ccc4c(c3)OCO4)C2)ccn1. The first-order chi connectivity index (χ1) is 13.1. The normalized spacial score (nSPS) is 20.6. The maximum absolute atomic E-state index is 12.9. The quantitative estimate of drug-likeness (QED) is 0.876. The molecule has 2 aliphatic rings. The molecule has 0 spiro atoms. The first-order valence-corrected chi connectivity index (χ1v) is 8.48. The summed E-state index contributed by atoms with van der Waals surface area (Å²) in [5.41, 5.74) is 1.23. The van der Waals surface area contributed by atoms with Gasteiger partial charge in [0.05, 0.1) is 13.0 Å². The molecule has 3 heterocycles. The first-order valence-electron chi connectivity index (χ1n) is 8.48. The number of carboxylic acids is 1. The van der Waals surface area contributed by atoms with E-state index in [9.17, 15) is 14.7 Å². The Balaban J connectivity index is 1.60. The Bertz CT molecular complexity index is 900. The van der Waals surface area contributed by atoms with E-state index in [0.29, 0.717) is 29.5 Å². The molecule has 0 aliphatic carbocycles. The molecule has 4 rings (SSSR count). The minimum Gasteiger partial charge on any atom is -0.481 e. The summed E-state index contributed by atoms with van der Waals surface area (Å²) < 4.78 is 15.8. The topological polar surface area (TPSA) is 98.2 Å². The number of fused-ring (bicyclic) bond motifs is 1. The standard InChI is InChI=1S/C19H18N2O6/c1-25-17-7-12(4-5-20-17)18(22)21-8-13(14(9-21)19(23)24)11-2-3-15-16(6-11)27-10-26-15/h2-7,13-14H,8-10H2,1H3,(H,23,24)/t13-,14+/m1/s1. The van der Waals surface area contributed by atoms with Crippen LogP contribution in [0.4, 0.5) is 0 Å². The molecule has 140 valence electrons. The summed E-state index contributed by atoms with van der Waals surface area (Å²) in [6.45, 7) is 0.596. The van der Waals surface area contributed by atoms with Gasteiger partial charge in [0, 0.05) is 36.8 Å². The maximum Gasteiger partial charge on any atom is 0.308 e. The number of likely N-dealkylation sites (tertiary alicyclic amines) is 1. The Morgan fingerprint density at radius 2 is 2.00 bits per heavy atom. The zero-order valence-electron chi connectivity index (χ0n) is 14.6. The third-order valence-electron chi connectivity index (χ3n) is 4.94. The number of carboxylic acid groups (broad SMARTS) is 1. The van der Waals surface area contributed by atoms with Crippen LogP contribution in [0.5, 0.6) is 17.4 Å². The molecule has 2 aromatic rings. The smallest absolute Gasteiger partial charge is 0.308 e. The average molecular weight is 370 g/mol. The van der Waals surface area contributed by atoms with E-state index in [-0.39, 0.29) is 25.2 Å². The van der Waals surface area contributed by atoms with Crippen molar-refractivity contribution >= 4 is 11.9 Å². The van der Waals surface area contributed by atoms with Crippen LogP contribution < -0.4 is 14.2 Å². The molecule has 2 aliphatic heterocycles. The fourth-order valence-corrected chi connectivity index (χ4v) is 3.54.